The van der Waals surface area contributed by atoms with Gasteiger partial charge in [0.2, 0.25) is 5.91 Å². The number of nitrogens with zero attached hydrogens (tertiary/aromatic N) is 4. The Morgan fingerprint density at radius 1 is 1.19 bits per heavy atom. The number of rotatable bonds is 5. The first-order valence-electron chi connectivity index (χ1n) is 8.79. The van der Waals surface area contributed by atoms with Crippen molar-refractivity contribution in [1.29, 1.82) is 0 Å². The molecule has 0 unspecified atom stereocenters. The Morgan fingerprint density at radius 2 is 1.85 bits per heavy atom. The lowest BCUT2D eigenvalue weighted by Crippen LogP contribution is -2.50. The van der Waals surface area contributed by atoms with Crippen molar-refractivity contribution in [2.45, 2.75) is 0 Å². The molecule has 1 saturated heterocycles. The minimum absolute atomic E-state index is 0.0236. The first-order valence-corrected chi connectivity index (χ1v) is 9.67. The number of likely N-dealkylation sites (N-methyl/N-ethyl adjacent to an activating group) is 2. The van der Waals surface area contributed by atoms with Crippen molar-refractivity contribution in [2.75, 3.05) is 53.9 Å². The molecule has 0 bridgehead atoms. The maximum atomic E-state index is 12.6. The highest BCUT2D eigenvalue weighted by Gasteiger charge is 2.23. The van der Waals surface area contributed by atoms with E-state index in [9.17, 15) is 9.59 Å². The highest BCUT2D eigenvalue weighted by Crippen LogP contribution is 2.26. The summed E-state index contributed by atoms with van der Waals surface area (Å²) < 4.78 is 5.16. The molecule has 2 heterocycles. The zero-order valence-corrected chi connectivity index (χ0v) is 16.7. The van der Waals surface area contributed by atoms with Gasteiger partial charge in [0, 0.05) is 44.2 Å². The Morgan fingerprint density at radius 3 is 2.48 bits per heavy atom. The lowest BCUT2D eigenvalue weighted by atomic mass is 10.2. The SMILES string of the molecule is COc1ccc(-c2nc(C(=O)N(C)CC(=O)N3CCN(C)CC3)cs2)cc1. The Balaban J connectivity index is 1.61. The maximum absolute atomic E-state index is 12.6. The van der Waals surface area contributed by atoms with E-state index < -0.39 is 0 Å². The summed E-state index contributed by atoms with van der Waals surface area (Å²) in [6, 6.07) is 7.54. The lowest BCUT2D eigenvalue weighted by molar-refractivity contribution is -0.133. The summed E-state index contributed by atoms with van der Waals surface area (Å²) in [6.07, 6.45) is 0. The summed E-state index contributed by atoms with van der Waals surface area (Å²) in [5.41, 5.74) is 1.29. The van der Waals surface area contributed by atoms with Gasteiger partial charge in [0.15, 0.2) is 0 Å². The van der Waals surface area contributed by atoms with E-state index in [0.29, 0.717) is 18.8 Å². The van der Waals surface area contributed by atoms with E-state index in [1.807, 2.05) is 36.2 Å². The fourth-order valence-corrected chi connectivity index (χ4v) is 3.66. The van der Waals surface area contributed by atoms with Crippen LogP contribution in [-0.2, 0) is 4.79 Å². The second-order valence-electron chi connectivity index (χ2n) is 6.61. The van der Waals surface area contributed by atoms with Crippen molar-refractivity contribution >= 4 is 23.2 Å². The molecule has 144 valence electrons. The molecule has 3 rings (SSSR count). The summed E-state index contributed by atoms with van der Waals surface area (Å²) in [4.78, 5) is 34.9. The minimum atomic E-state index is -0.242. The number of piperazine rings is 1. The third-order valence-electron chi connectivity index (χ3n) is 4.64. The molecule has 1 aliphatic rings. The van der Waals surface area contributed by atoms with Gasteiger partial charge in [-0.3, -0.25) is 9.59 Å². The van der Waals surface area contributed by atoms with Gasteiger partial charge in [-0.15, -0.1) is 11.3 Å². The summed E-state index contributed by atoms with van der Waals surface area (Å²) >= 11 is 1.41. The van der Waals surface area contributed by atoms with Crippen molar-refractivity contribution in [3.05, 3.63) is 35.3 Å². The summed E-state index contributed by atoms with van der Waals surface area (Å²) in [5.74, 6) is 0.506. The van der Waals surface area contributed by atoms with Crippen LogP contribution < -0.4 is 4.74 Å². The van der Waals surface area contributed by atoms with Gasteiger partial charge in [-0.05, 0) is 31.3 Å². The van der Waals surface area contributed by atoms with E-state index in [2.05, 4.69) is 9.88 Å². The van der Waals surface area contributed by atoms with Crippen molar-refractivity contribution in [3.8, 4) is 16.3 Å². The molecule has 1 fully saturated rings. The second-order valence-corrected chi connectivity index (χ2v) is 7.47. The number of carbonyl (C=O) groups is 2. The molecular formula is C19H24N4O3S. The van der Waals surface area contributed by atoms with E-state index in [-0.39, 0.29) is 18.4 Å². The van der Waals surface area contributed by atoms with Gasteiger partial charge in [-0.1, -0.05) is 0 Å². The largest absolute Gasteiger partial charge is 0.497 e. The van der Waals surface area contributed by atoms with Gasteiger partial charge in [0.25, 0.3) is 5.91 Å². The fourth-order valence-electron chi connectivity index (χ4n) is 2.86. The number of aromatic nitrogens is 1. The van der Waals surface area contributed by atoms with Crippen LogP contribution in [0, 0.1) is 0 Å². The van der Waals surface area contributed by atoms with Crippen LogP contribution in [0.5, 0.6) is 5.75 Å². The highest BCUT2D eigenvalue weighted by atomic mass is 32.1. The Hall–Kier alpha value is -2.45. The van der Waals surface area contributed by atoms with Crippen molar-refractivity contribution in [1.82, 2.24) is 19.7 Å². The maximum Gasteiger partial charge on any atom is 0.273 e. The number of benzene rings is 1. The number of carbonyl (C=O) groups excluding carboxylic acids is 2. The average molecular weight is 388 g/mol. The Labute approximate surface area is 163 Å². The van der Waals surface area contributed by atoms with Crippen LogP contribution >= 0.6 is 11.3 Å². The monoisotopic (exact) mass is 388 g/mol. The quantitative estimate of drug-likeness (QED) is 0.780. The van der Waals surface area contributed by atoms with E-state index in [0.717, 1.165) is 29.4 Å². The van der Waals surface area contributed by atoms with Crippen LogP contribution in [0.2, 0.25) is 0 Å². The standard InChI is InChI=1S/C19H24N4O3S/c1-21-8-10-23(11-9-21)17(24)12-22(2)19(25)16-13-27-18(20-16)14-4-6-15(26-3)7-5-14/h4-7,13H,8-12H2,1-3H3. The summed E-state index contributed by atoms with van der Waals surface area (Å²) in [5, 5.41) is 2.50. The molecule has 1 aliphatic heterocycles. The molecule has 1 aromatic heterocycles. The van der Waals surface area contributed by atoms with E-state index in [1.54, 1.807) is 19.5 Å². The second kappa shape index (κ2) is 8.49. The molecule has 0 N–H and O–H groups in total. The minimum Gasteiger partial charge on any atom is -0.497 e. The average Bonchev–Trinajstić information content (AvgIpc) is 3.18. The number of hydrogen-bond acceptors (Lipinski definition) is 6. The molecule has 1 aromatic carbocycles. The first kappa shape index (κ1) is 19.3. The van der Waals surface area contributed by atoms with Crippen LogP contribution in [0.4, 0.5) is 0 Å². The van der Waals surface area contributed by atoms with Crippen LogP contribution in [0.3, 0.4) is 0 Å². The number of ether oxygens (including phenoxy) is 1. The van der Waals surface area contributed by atoms with Gasteiger partial charge in [-0.2, -0.15) is 0 Å². The molecule has 8 heteroatoms. The molecule has 2 aromatic rings. The molecule has 27 heavy (non-hydrogen) atoms. The molecule has 0 atom stereocenters. The molecule has 0 aliphatic carbocycles. The Kier molecular flexibility index (Phi) is 6.08. The number of amides is 2. The predicted molar refractivity (Wildman–Crippen MR) is 105 cm³/mol. The van der Waals surface area contributed by atoms with Crippen LogP contribution in [0.1, 0.15) is 10.5 Å². The predicted octanol–water partition coefficient (Wildman–Crippen LogP) is 1.66. The topological polar surface area (TPSA) is 66.0 Å². The third kappa shape index (κ3) is 4.64. The fraction of sp³-hybridized carbons (Fsp3) is 0.421. The Bertz CT molecular complexity index is 798. The molecule has 0 radical (unpaired) electrons. The van der Waals surface area contributed by atoms with Gasteiger partial charge >= 0.3 is 0 Å². The van der Waals surface area contributed by atoms with Gasteiger partial charge in [0.05, 0.1) is 13.7 Å². The zero-order valence-electron chi connectivity index (χ0n) is 15.8. The summed E-state index contributed by atoms with van der Waals surface area (Å²) in [7, 11) is 5.30. The van der Waals surface area contributed by atoms with Gasteiger partial charge in [0.1, 0.15) is 16.5 Å². The third-order valence-corrected chi connectivity index (χ3v) is 5.53. The van der Waals surface area contributed by atoms with Crippen molar-refractivity contribution in [2.24, 2.45) is 0 Å². The van der Waals surface area contributed by atoms with Crippen LogP contribution in [0.15, 0.2) is 29.6 Å². The van der Waals surface area contributed by atoms with Gasteiger partial charge in [-0.25, -0.2) is 4.98 Å². The van der Waals surface area contributed by atoms with Crippen molar-refractivity contribution < 1.29 is 14.3 Å². The first-order chi connectivity index (χ1) is 13.0. The van der Waals surface area contributed by atoms with Crippen LogP contribution in [0.25, 0.3) is 10.6 Å². The number of methoxy groups -OCH3 is 1. The van der Waals surface area contributed by atoms with E-state index in [1.165, 1.54) is 16.2 Å². The van der Waals surface area contributed by atoms with Crippen molar-refractivity contribution in [3.63, 3.8) is 0 Å². The molecule has 7 nitrogen and oxygen atoms in total. The molecule has 0 saturated carbocycles. The lowest BCUT2D eigenvalue weighted by Gasteiger charge is -2.33. The number of thiazole rings is 1. The number of hydrogen-bond donors (Lipinski definition) is 0. The highest BCUT2D eigenvalue weighted by molar-refractivity contribution is 7.13. The summed E-state index contributed by atoms with van der Waals surface area (Å²) in [6.45, 7) is 3.20. The smallest absolute Gasteiger partial charge is 0.273 e. The van der Waals surface area contributed by atoms with Crippen LogP contribution in [-0.4, -0.2) is 85.4 Å². The van der Waals surface area contributed by atoms with E-state index >= 15 is 0 Å². The normalized spacial score (nSPS) is 14.9. The zero-order chi connectivity index (χ0) is 19.4. The molecule has 2 amide bonds. The molecule has 0 spiro atoms. The molecular weight excluding hydrogens is 364 g/mol. The van der Waals surface area contributed by atoms with Gasteiger partial charge < -0.3 is 19.4 Å². The van der Waals surface area contributed by atoms with E-state index in [4.69, 9.17) is 4.74 Å².